The van der Waals surface area contributed by atoms with Crippen LogP contribution in [0, 0.1) is 13.8 Å². The third kappa shape index (κ3) is 2.61. The van der Waals surface area contributed by atoms with Crippen LogP contribution in [0.1, 0.15) is 23.4 Å². The lowest BCUT2D eigenvalue weighted by Gasteiger charge is -2.18. The van der Waals surface area contributed by atoms with Crippen LogP contribution < -0.4 is 4.90 Å². The van der Waals surface area contributed by atoms with Crippen molar-refractivity contribution in [2.45, 2.75) is 26.7 Å². The van der Waals surface area contributed by atoms with Gasteiger partial charge in [-0.15, -0.1) is 0 Å². The Kier molecular flexibility index (Phi) is 3.60. The van der Waals surface area contributed by atoms with Crippen molar-refractivity contribution in [3.8, 4) is 0 Å². The Labute approximate surface area is 123 Å². The summed E-state index contributed by atoms with van der Waals surface area (Å²) in [5, 5.41) is 8.35. The second-order valence-corrected chi connectivity index (χ2v) is 5.37. The molecular formula is C15H20N6. The molecule has 2 N–H and O–H groups in total. The lowest BCUT2D eigenvalue weighted by molar-refractivity contribution is 0.773. The zero-order chi connectivity index (χ0) is 14.8. The molecule has 3 aromatic rings. The van der Waals surface area contributed by atoms with Crippen molar-refractivity contribution in [2.75, 3.05) is 18.5 Å². The summed E-state index contributed by atoms with van der Waals surface area (Å²) in [6.07, 6.45) is 5.59. The van der Waals surface area contributed by atoms with E-state index in [-0.39, 0.29) is 0 Å². The summed E-state index contributed by atoms with van der Waals surface area (Å²) in [5.74, 6) is 0.974. The first-order valence-corrected chi connectivity index (χ1v) is 7.16. The van der Waals surface area contributed by atoms with Crippen LogP contribution in [0.25, 0.3) is 11.0 Å². The van der Waals surface area contributed by atoms with E-state index in [2.05, 4.69) is 50.9 Å². The number of aromatic amines is 2. The maximum atomic E-state index is 4.41. The molecule has 0 radical (unpaired) electrons. The van der Waals surface area contributed by atoms with Crippen LogP contribution >= 0.6 is 0 Å². The summed E-state index contributed by atoms with van der Waals surface area (Å²) in [5.41, 5.74) is 4.49. The second-order valence-electron chi connectivity index (χ2n) is 5.37. The molecule has 0 saturated carbocycles. The van der Waals surface area contributed by atoms with Crippen LogP contribution in [-0.2, 0) is 6.42 Å². The molecule has 0 aliphatic rings. The quantitative estimate of drug-likeness (QED) is 0.754. The summed E-state index contributed by atoms with van der Waals surface area (Å²) in [4.78, 5) is 13.9. The van der Waals surface area contributed by atoms with Crippen molar-refractivity contribution < 1.29 is 0 Å². The van der Waals surface area contributed by atoms with Crippen molar-refractivity contribution in [3.05, 3.63) is 35.5 Å². The summed E-state index contributed by atoms with van der Waals surface area (Å²) in [7, 11) is 2.07. The third-order valence-electron chi connectivity index (χ3n) is 3.90. The lowest BCUT2D eigenvalue weighted by atomic mass is 10.1. The number of aryl methyl sites for hydroxylation is 2. The number of hydrogen-bond donors (Lipinski definition) is 2. The summed E-state index contributed by atoms with van der Waals surface area (Å²) in [6, 6.07) is 2.02. The Morgan fingerprint density at radius 3 is 2.86 bits per heavy atom. The van der Waals surface area contributed by atoms with E-state index in [1.807, 2.05) is 12.3 Å². The van der Waals surface area contributed by atoms with Gasteiger partial charge in [0, 0.05) is 25.5 Å². The minimum atomic E-state index is 0.883. The molecule has 0 atom stereocenters. The van der Waals surface area contributed by atoms with Crippen molar-refractivity contribution in [2.24, 2.45) is 0 Å². The summed E-state index contributed by atoms with van der Waals surface area (Å²) in [6.45, 7) is 5.07. The van der Waals surface area contributed by atoms with Crippen LogP contribution in [0.5, 0.6) is 0 Å². The highest BCUT2D eigenvalue weighted by molar-refractivity contribution is 5.87. The van der Waals surface area contributed by atoms with Crippen LogP contribution in [-0.4, -0.2) is 38.7 Å². The van der Waals surface area contributed by atoms with Crippen LogP contribution in [0.15, 0.2) is 18.6 Å². The number of rotatable bonds is 5. The second kappa shape index (κ2) is 5.55. The van der Waals surface area contributed by atoms with E-state index in [1.54, 1.807) is 6.33 Å². The topological polar surface area (TPSA) is 73.5 Å². The highest BCUT2D eigenvalue weighted by Gasteiger charge is 2.10. The van der Waals surface area contributed by atoms with Crippen LogP contribution in [0.4, 0.5) is 5.82 Å². The molecule has 3 heterocycles. The molecule has 0 aliphatic carbocycles. The number of anilines is 1. The highest BCUT2D eigenvalue weighted by Crippen LogP contribution is 2.21. The number of nitrogens with one attached hydrogen (secondary N) is 2. The Hall–Kier alpha value is -2.37. The maximum absolute atomic E-state index is 4.41. The SMILES string of the molecule is Cc1n[nH]c(C)c1CCCN(C)c1ncnc2[nH]ccc12. The Balaban J connectivity index is 1.67. The number of nitrogens with zero attached hydrogens (tertiary/aromatic N) is 4. The molecule has 0 bridgehead atoms. The first-order valence-electron chi connectivity index (χ1n) is 7.16. The molecule has 21 heavy (non-hydrogen) atoms. The van der Waals surface area contributed by atoms with E-state index in [0.717, 1.165) is 41.9 Å². The normalized spacial score (nSPS) is 11.2. The molecule has 6 heteroatoms. The van der Waals surface area contributed by atoms with E-state index in [9.17, 15) is 0 Å². The van der Waals surface area contributed by atoms with Gasteiger partial charge >= 0.3 is 0 Å². The largest absolute Gasteiger partial charge is 0.359 e. The lowest BCUT2D eigenvalue weighted by Crippen LogP contribution is -2.20. The van der Waals surface area contributed by atoms with Gasteiger partial charge in [-0.2, -0.15) is 5.10 Å². The average Bonchev–Trinajstić information content (AvgIpc) is 3.07. The van der Waals surface area contributed by atoms with Gasteiger partial charge in [-0.3, -0.25) is 5.10 Å². The van der Waals surface area contributed by atoms with Gasteiger partial charge < -0.3 is 9.88 Å². The Bertz CT molecular complexity index is 722. The Morgan fingerprint density at radius 1 is 1.24 bits per heavy atom. The molecule has 0 unspecified atom stereocenters. The van der Waals surface area contributed by atoms with Gasteiger partial charge in [0.25, 0.3) is 0 Å². The fourth-order valence-electron chi connectivity index (χ4n) is 2.70. The van der Waals surface area contributed by atoms with E-state index in [1.165, 1.54) is 11.3 Å². The van der Waals surface area contributed by atoms with Crippen molar-refractivity contribution in [3.63, 3.8) is 0 Å². The molecule has 3 rings (SSSR count). The molecule has 0 amide bonds. The van der Waals surface area contributed by atoms with Crippen LogP contribution in [0.3, 0.4) is 0 Å². The number of hydrogen-bond acceptors (Lipinski definition) is 4. The van der Waals surface area contributed by atoms with Gasteiger partial charge in [-0.25, -0.2) is 9.97 Å². The van der Waals surface area contributed by atoms with E-state index in [4.69, 9.17) is 0 Å². The molecule has 3 aromatic heterocycles. The van der Waals surface area contributed by atoms with Crippen molar-refractivity contribution in [1.29, 1.82) is 0 Å². The molecular weight excluding hydrogens is 264 g/mol. The number of fused-ring (bicyclic) bond motifs is 1. The number of aromatic nitrogens is 5. The summed E-state index contributed by atoms with van der Waals surface area (Å²) >= 11 is 0. The van der Waals surface area contributed by atoms with Gasteiger partial charge in [0.2, 0.25) is 0 Å². The molecule has 110 valence electrons. The maximum Gasteiger partial charge on any atom is 0.142 e. The molecule has 0 aromatic carbocycles. The molecule has 0 aliphatic heterocycles. The Morgan fingerprint density at radius 2 is 2.10 bits per heavy atom. The highest BCUT2D eigenvalue weighted by atomic mass is 15.2. The molecule has 0 fully saturated rings. The summed E-state index contributed by atoms with van der Waals surface area (Å²) < 4.78 is 0. The predicted octanol–water partition coefficient (Wildman–Crippen LogP) is 2.37. The van der Waals surface area contributed by atoms with E-state index < -0.39 is 0 Å². The van der Waals surface area contributed by atoms with Gasteiger partial charge in [0.15, 0.2) is 0 Å². The van der Waals surface area contributed by atoms with E-state index in [0.29, 0.717) is 0 Å². The fraction of sp³-hybridized carbons (Fsp3) is 0.400. The standard InChI is InChI=1S/C15H20N6/c1-10-12(11(2)20-19-10)5-4-8-21(3)15-13-6-7-16-14(13)17-9-18-15/h6-7,9H,4-5,8H2,1-3H3,(H,19,20)(H,16,17,18). The minimum Gasteiger partial charge on any atom is -0.359 e. The minimum absolute atomic E-state index is 0.883. The smallest absolute Gasteiger partial charge is 0.142 e. The zero-order valence-corrected chi connectivity index (χ0v) is 12.6. The van der Waals surface area contributed by atoms with Gasteiger partial charge in [-0.1, -0.05) is 0 Å². The van der Waals surface area contributed by atoms with Gasteiger partial charge in [0.05, 0.1) is 11.1 Å². The van der Waals surface area contributed by atoms with Crippen molar-refractivity contribution >= 4 is 16.9 Å². The molecule has 0 spiro atoms. The number of H-pyrrole nitrogens is 2. The van der Waals surface area contributed by atoms with E-state index >= 15 is 0 Å². The monoisotopic (exact) mass is 284 g/mol. The predicted molar refractivity (Wildman–Crippen MR) is 83.5 cm³/mol. The molecule has 6 nitrogen and oxygen atoms in total. The third-order valence-corrected chi connectivity index (χ3v) is 3.90. The molecule has 0 saturated heterocycles. The average molecular weight is 284 g/mol. The van der Waals surface area contributed by atoms with Gasteiger partial charge in [0.1, 0.15) is 17.8 Å². The first kappa shape index (κ1) is 13.6. The van der Waals surface area contributed by atoms with Crippen molar-refractivity contribution in [1.82, 2.24) is 25.1 Å². The zero-order valence-electron chi connectivity index (χ0n) is 12.6. The van der Waals surface area contributed by atoms with Gasteiger partial charge in [-0.05, 0) is 38.3 Å². The first-order chi connectivity index (χ1) is 10.2. The van der Waals surface area contributed by atoms with Crippen LogP contribution in [0.2, 0.25) is 0 Å². The fourth-order valence-corrected chi connectivity index (χ4v) is 2.70.